The number of aliphatic hydroxyl groups excluding tert-OH is 1. The molecule has 3 nitrogen and oxygen atoms in total. The molecule has 124 valence electrons. The normalized spacial score (nSPS) is 14.5. The van der Waals surface area contributed by atoms with E-state index >= 15 is 0 Å². The summed E-state index contributed by atoms with van der Waals surface area (Å²) in [6.45, 7) is 1.56. The second kappa shape index (κ2) is 6.95. The average molecular weight is 361 g/mol. The Morgan fingerprint density at radius 3 is 2.30 bits per heavy atom. The zero-order valence-electron chi connectivity index (χ0n) is 12.2. The molecule has 0 bridgehead atoms. The van der Waals surface area contributed by atoms with Gasteiger partial charge in [0.05, 0.1) is 11.0 Å². The number of benzene rings is 2. The molecule has 0 aliphatic rings. The first-order valence-electron chi connectivity index (χ1n) is 6.90. The third kappa shape index (κ3) is 3.71. The SMILES string of the molecule is CCC(O)C(c1cc(F)ccc1F)S(=O)(=O)c1ccc(Cl)cc1. The van der Waals surface area contributed by atoms with Gasteiger partial charge in [0.1, 0.15) is 16.9 Å². The zero-order chi connectivity index (χ0) is 17.2. The lowest BCUT2D eigenvalue weighted by molar-refractivity contribution is 0.162. The molecule has 2 rings (SSSR count). The van der Waals surface area contributed by atoms with Crippen molar-refractivity contribution in [1.29, 1.82) is 0 Å². The molecule has 7 heteroatoms. The van der Waals surface area contributed by atoms with Gasteiger partial charge in [-0.1, -0.05) is 18.5 Å². The van der Waals surface area contributed by atoms with Gasteiger partial charge in [-0.05, 0) is 48.9 Å². The topological polar surface area (TPSA) is 54.4 Å². The standard InChI is InChI=1S/C16H15ClF2O3S/c1-2-15(20)16(13-9-11(18)5-8-14(13)19)23(21,22)12-6-3-10(17)4-7-12/h3-9,15-16,20H,2H2,1H3. The second-order valence-corrected chi connectivity index (χ2v) is 7.57. The molecule has 0 saturated carbocycles. The molecule has 0 fully saturated rings. The van der Waals surface area contributed by atoms with Crippen LogP contribution in [0.5, 0.6) is 0 Å². The molecule has 0 spiro atoms. The van der Waals surface area contributed by atoms with E-state index in [0.29, 0.717) is 5.02 Å². The molecular weight excluding hydrogens is 346 g/mol. The minimum atomic E-state index is -4.14. The zero-order valence-corrected chi connectivity index (χ0v) is 13.8. The van der Waals surface area contributed by atoms with Crippen LogP contribution in [0.15, 0.2) is 47.4 Å². The predicted molar refractivity (Wildman–Crippen MR) is 84.0 cm³/mol. The fourth-order valence-electron chi connectivity index (χ4n) is 2.30. The first-order chi connectivity index (χ1) is 10.8. The highest BCUT2D eigenvalue weighted by Gasteiger charge is 2.36. The van der Waals surface area contributed by atoms with Crippen molar-refractivity contribution in [3.05, 3.63) is 64.7 Å². The number of rotatable bonds is 5. The van der Waals surface area contributed by atoms with Gasteiger partial charge >= 0.3 is 0 Å². The summed E-state index contributed by atoms with van der Waals surface area (Å²) in [6, 6.07) is 7.83. The highest BCUT2D eigenvalue weighted by molar-refractivity contribution is 7.91. The largest absolute Gasteiger partial charge is 0.391 e. The lowest BCUT2D eigenvalue weighted by atomic mass is 10.0. The van der Waals surface area contributed by atoms with Gasteiger partial charge in [0, 0.05) is 10.6 Å². The minimum absolute atomic E-state index is 0.0629. The van der Waals surface area contributed by atoms with Crippen LogP contribution in [0.1, 0.15) is 24.2 Å². The van der Waals surface area contributed by atoms with Crippen LogP contribution in [0.2, 0.25) is 5.02 Å². The third-order valence-electron chi connectivity index (χ3n) is 3.51. The molecule has 1 N–H and O–H groups in total. The van der Waals surface area contributed by atoms with Crippen molar-refractivity contribution in [2.24, 2.45) is 0 Å². The van der Waals surface area contributed by atoms with E-state index < -0.39 is 38.4 Å². The van der Waals surface area contributed by atoms with Crippen molar-refractivity contribution in [3.63, 3.8) is 0 Å². The number of aliphatic hydroxyl groups is 1. The van der Waals surface area contributed by atoms with E-state index in [1.807, 2.05) is 0 Å². The van der Waals surface area contributed by atoms with Crippen LogP contribution in [0.3, 0.4) is 0 Å². The fraction of sp³-hybridized carbons (Fsp3) is 0.250. The van der Waals surface area contributed by atoms with Gasteiger partial charge in [-0.15, -0.1) is 0 Å². The summed E-state index contributed by atoms with van der Waals surface area (Å²) in [6.07, 6.45) is -1.32. The smallest absolute Gasteiger partial charge is 0.188 e. The van der Waals surface area contributed by atoms with Crippen molar-refractivity contribution in [2.45, 2.75) is 29.6 Å². The van der Waals surface area contributed by atoms with E-state index in [-0.39, 0.29) is 11.3 Å². The van der Waals surface area contributed by atoms with Gasteiger partial charge in [0.25, 0.3) is 0 Å². The monoisotopic (exact) mass is 360 g/mol. The number of halogens is 3. The van der Waals surface area contributed by atoms with Gasteiger partial charge in [0.2, 0.25) is 0 Å². The maximum absolute atomic E-state index is 14.1. The first-order valence-corrected chi connectivity index (χ1v) is 8.82. The van der Waals surface area contributed by atoms with Gasteiger partial charge in [-0.25, -0.2) is 17.2 Å². The highest BCUT2D eigenvalue weighted by atomic mass is 35.5. The van der Waals surface area contributed by atoms with Crippen molar-refractivity contribution >= 4 is 21.4 Å². The molecule has 0 amide bonds. The van der Waals surface area contributed by atoms with Gasteiger partial charge < -0.3 is 5.11 Å². The summed E-state index contributed by atoms with van der Waals surface area (Å²) >= 11 is 5.74. The molecular formula is C16H15ClF2O3S. The van der Waals surface area contributed by atoms with E-state index in [1.54, 1.807) is 6.92 Å². The predicted octanol–water partition coefficient (Wildman–Crippen LogP) is 3.90. The second-order valence-electron chi connectivity index (χ2n) is 5.06. The molecule has 2 atom stereocenters. The molecule has 2 aromatic carbocycles. The lowest BCUT2D eigenvalue weighted by Gasteiger charge is -2.23. The minimum Gasteiger partial charge on any atom is -0.391 e. The van der Waals surface area contributed by atoms with Gasteiger partial charge in [-0.2, -0.15) is 0 Å². The van der Waals surface area contributed by atoms with E-state index in [1.165, 1.54) is 24.3 Å². The maximum Gasteiger partial charge on any atom is 0.188 e. The van der Waals surface area contributed by atoms with Crippen LogP contribution >= 0.6 is 11.6 Å². The van der Waals surface area contributed by atoms with Crippen LogP contribution in [0, 0.1) is 11.6 Å². The Morgan fingerprint density at radius 2 is 1.74 bits per heavy atom. The Balaban J connectivity index is 2.63. The Bertz CT molecular complexity index is 791. The van der Waals surface area contributed by atoms with Crippen LogP contribution in [0.4, 0.5) is 8.78 Å². The van der Waals surface area contributed by atoms with E-state index in [0.717, 1.165) is 18.2 Å². The number of hydrogen-bond donors (Lipinski definition) is 1. The molecule has 23 heavy (non-hydrogen) atoms. The van der Waals surface area contributed by atoms with Crippen molar-refractivity contribution in [1.82, 2.24) is 0 Å². The summed E-state index contributed by atoms with van der Waals surface area (Å²) in [4.78, 5) is -0.122. The van der Waals surface area contributed by atoms with Crippen LogP contribution < -0.4 is 0 Å². The molecule has 0 aliphatic carbocycles. The Labute approximate surface area is 138 Å². The molecule has 0 heterocycles. The summed E-state index contributed by atoms with van der Waals surface area (Å²) in [5.74, 6) is -1.66. The molecule has 0 saturated heterocycles. The van der Waals surface area contributed by atoms with E-state index in [9.17, 15) is 22.3 Å². The molecule has 2 aromatic rings. The third-order valence-corrected chi connectivity index (χ3v) is 5.93. The summed E-state index contributed by atoms with van der Waals surface area (Å²) in [7, 11) is -4.14. The molecule has 0 aliphatic heterocycles. The Kier molecular flexibility index (Phi) is 5.39. The Hall–Kier alpha value is -1.50. The van der Waals surface area contributed by atoms with E-state index in [4.69, 9.17) is 11.6 Å². The molecule has 0 radical (unpaired) electrons. The van der Waals surface area contributed by atoms with Gasteiger partial charge in [0.15, 0.2) is 9.84 Å². The van der Waals surface area contributed by atoms with Crippen molar-refractivity contribution in [3.8, 4) is 0 Å². The maximum atomic E-state index is 14.1. The lowest BCUT2D eigenvalue weighted by Crippen LogP contribution is -2.27. The summed E-state index contributed by atoms with van der Waals surface area (Å²) < 4.78 is 53.2. The quantitative estimate of drug-likeness (QED) is 0.879. The van der Waals surface area contributed by atoms with Crippen molar-refractivity contribution < 1.29 is 22.3 Å². The van der Waals surface area contributed by atoms with Crippen LogP contribution in [-0.4, -0.2) is 19.6 Å². The first kappa shape index (κ1) is 17.8. The summed E-state index contributed by atoms with van der Waals surface area (Å²) in [5, 5.41) is 8.88. The number of sulfone groups is 1. The molecule has 2 unspecified atom stereocenters. The van der Waals surface area contributed by atoms with Crippen LogP contribution in [-0.2, 0) is 9.84 Å². The van der Waals surface area contributed by atoms with Gasteiger partial charge in [-0.3, -0.25) is 0 Å². The Morgan fingerprint density at radius 1 is 1.13 bits per heavy atom. The molecule has 0 aromatic heterocycles. The number of hydrogen-bond acceptors (Lipinski definition) is 3. The summed E-state index contributed by atoms with van der Waals surface area (Å²) in [5.41, 5.74) is -0.394. The van der Waals surface area contributed by atoms with Crippen molar-refractivity contribution in [2.75, 3.05) is 0 Å². The van der Waals surface area contributed by atoms with Crippen LogP contribution in [0.25, 0.3) is 0 Å². The fourth-order valence-corrected chi connectivity index (χ4v) is 4.35. The average Bonchev–Trinajstić information content (AvgIpc) is 2.51. The van der Waals surface area contributed by atoms with E-state index in [2.05, 4.69) is 0 Å². The highest BCUT2D eigenvalue weighted by Crippen LogP contribution is 2.35.